The van der Waals surface area contributed by atoms with Crippen molar-refractivity contribution in [1.82, 2.24) is 15.1 Å². The van der Waals surface area contributed by atoms with Gasteiger partial charge in [0, 0.05) is 18.8 Å². The molecule has 1 aromatic heterocycles. The first-order valence-electron chi connectivity index (χ1n) is 5.08. The van der Waals surface area contributed by atoms with Crippen molar-refractivity contribution in [3.63, 3.8) is 0 Å². The van der Waals surface area contributed by atoms with E-state index in [2.05, 4.69) is 15.7 Å². The van der Waals surface area contributed by atoms with Gasteiger partial charge in [-0.1, -0.05) is 0 Å². The van der Waals surface area contributed by atoms with Crippen LogP contribution in [0.2, 0.25) is 0 Å². The second kappa shape index (κ2) is 4.86. The van der Waals surface area contributed by atoms with Gasteiger partial charge in [0.2, 0.25) is 0 Å². The monoisotopic (exact) mass is 240 g/mol. The number of carboxylic acids is 1. The summed E-state index contributed by atoms with van der Waals surface area (Å²) in [6.07, 6.45) is 3.00. The molecule has 0 spiro atoms. The third kappa shape index (κ3) is 4.54. The van der Waals surface area contributed by atoms with Gasteiger partial charge in [0.1, 0.15) is 0 Å². The molecule has 0 unspecified atom stereocenters. The van der Waals surface area contributed by atoms with Crippen LogP contribution in [0.4, 0.5) is 10.5 Å². The standard InChI is InChI=1S/C10H16N4O3/c1-10(2,4-8(15)16)13-9(17)12-7-5-11-14(3)6-7/h5-6H,4H2,1-3H3,(H,15,16)(H2,12,13,17). The molecule has 94 valence electrons. The molecule has 0 fully saturated rings. The van der Waals surface area contributed by atoms with Crippen molar-refractivity contribution < 1.29 is 14.7 Å². The molecule has 0 bridgehead atoms. The van der Waals surface area contributed by atoms with Gasteiger partial charge in [-0.2, -0.15) is 5.10 Å². The van der Waals surface area contributed by atoms with E-state index in [1.54, 1.807) is 31.8 Å². The van der Waals surface area contributed by atoms with Gasteiger partial charge in [-0.3, -0.25) is 9.48 Å². The zero-order valence-corrected chi connectivity index (χ0v) is 10.0. The highest BCUT2D eigenvalue weighted by molar-refractivity contribution is 5.89. The van der Waals surface area contributed by atoms with Crippen LogP contribution in [0, 0.1) is 0 Å². The minimum absolute atomic E-state index is 0.145. The summed E-state index contributed by atoms with van der Waals surface area (Å²) >= 11 is 0. The fourth-order valence-corrected chi connectivity index (χ4v) is 1.38. The molecule has 17 heavy (non-hydrogen) atoms. The average Bonchev–Trinajstić information content (AvgIpc) is 2.46. The van der Waals surface area contributed by atoms with Gasteiger partial charge in [0.15, 0.2) is 0 Å². The summed E-state index contributed by atoms with van der Waals surface area (Å²) < 4.78 is 1.55. The molecule has 0 atom stereocenters. The van der Waals surface area contributed by atoms with E-state index in [1.165, 1.54) is 6.20 Å². The number of amides is 2. The molecule has 7 nitrogen and oxygen atoms in total. The van der Waals surface area contributed by atoms with Crippen LogP contribution in [0.25, 0.3) is 0 Å². The number of aromatic nitrogens is 2. The molecule has 0 aliphatic rings. The van der Waals surface area contributed by atoms with Crippen molar-refractivity contribution in [2.75, 3.05) is 5.32 Å². The Hall–Kier alpha value is -2.05. The molecular weight excluding hydrogens is 224 g/mol. The van der Waals surface area contributed by atoms with E-state index < -0.39 is 17.5 Å². The number of urea groups is 1. The minimum atomic E-state index is -0.961. The van der Waals surface area contributed by atoms with Crippen molar-refractivity contribution in [2.24, 2.45) is 7.05 Å². The fourth-order valence-electron chi connectivity index (χ4n) is 1.38. The van der Waals surface area contributed by atoms with Crippen LogP contribution in [0.15, 0.2) is 12.4 Å². The second-order valence-corrected chi connectivity index (χ2v) is 4.44. The number of hydrogen-bond acceptors (Lipinski definition) is 3. The maximum Gasteiger partial charge on any atom is 0.319 e. The normalized spacial score (nSPS) is 11.0. The van der Waals surface area contributed by atoms with Crippen molar-refractivity contribution >= 4 is 17.7 Å². The van der Waals surface area contributed by atoms with E-state index in [-0.39, 0.29) is 6.42 Å². The number of nitrogens with zero attached hydrogens (tertiary/aromatic N) is 2. The summed E-state index contributed by atoms with van der Waals surface area (Å²) in [7, 11) is 1.73. The Bertz CT molecular complexity index is 425. The number of anilines is 1. The summed E-state index contributed by atoms with van der Waals surface area (Å²) in [5.74, 6) is -0.961. The molecule has 0 radical (unpaired) electrons. The Balaban J connectivity index is 2.52. The molecule has 1 heterocycles. The number of carbonyl (C=O) groups excluding carboxylic acids is 1. The Labute approximate surface area is 98.8 Å². The Kier molecular flexibility index (Phi) is 3.72. The van der Waals surface area contributed by atoms with Gasteiger partial charge in [-0.05, 0) is 13.8 Å². The summed E-state index contributed by atoms with van der Waals surface area (Å²) in [4.78, 5) is 22.1. The quantitative estimate of drug-likeness (QED) is 0.725. The molecule has 0 saturated carbocycles. The lowest BCUT2D eigenvalue weighted by atomic mass is 10.0. The number of nitrogens with one attached hydrogen (secondary N) is 2. The van der Waals surface area contributed by atoms with E-state index in [4.69, 9.17) is 5.11 Å². The zero-order valence-electron chi connectivity index (χ0n) is 10.0. The van der Waals surface area contributed by atoms with Crippen LogP contribution < -0.4 is 10.6 Å². The SMILES string of the molecule is Cn1cc(NC(=O)NC(C)(C)CC(=O)O)cn1. The topological polar surface area (TPSA) is 96.2 Å². The van der Waals surface area contributed by atoms with E-state index >= 15 is 0 Å². The summed E-state index contributed by atoms with van der Waals surface area (Å²) in [6, 6.07) is -0.454. The van der Waals surface area contributed by atoms with Crippen LogP contribution in [0.1, 0.15) is 20.3 Å². The highest BCUT2D eigenvalue weighted by Gasteiger charge is 2.23. The number of rotatable bonds is 4. The van der Waals surface area contributed by atoms with E-state index in [0.29, 0.717) is 5.69 Å². The Morgan fingerprint density at radius 3 is 2.65 bits per heavy atom. The number of carbonyl (C=O) groups is 2. The molecule has 3 N–H and O–H groups in total. The second-order valence-electron chi connectivity index (χ2n) is 4.44. The van der Waals surface area contributed by atoms with Gasteiger partial charge in [0.05, 0.1) is 18.3 Å². The van der Waals surface area contributed by atoms with Gasteiger partial charge >= 0.3 is 12.0 Å². The zero-order chi connectivity index (χ0) is 13.1. The average molecular weight is 240 g/mol. The van der Waals surface area contributed by atoms with Crippen LogP contribution in [-0.4, -0.2) is 32.4 Å². The summed E-state index contributed by atoms with van der Waals surface area (Å²) in [5, 5.41) is 17.7. The smallest absolute Gasteiger partial charge is 0.319 e. The molecular formula is C10H16N4O3. The number of aliphatic carboxylic acids is 1. The number of hydrogen-bond donors (Lipinski definition) is 3. The third-order valence-electron chi connectivity index (χ3n) is 2.01. The van der Waals surface area contributed by atoms with Gasteiger partial charge < -0.3 is 15.7 Å². The number of aryl methyl sites for hydroxylation is 1. The lowest BCUT2D eigenvalue weighted by Gasteiger charge is -2.24. The minimum Gasteiger partial charge on any atom is -0.481 e. The lowest BCUT2D eigenvalue weighted by Crippen LogP contribution is -2.46. The molecule has 0 aliphatic carbocycles. The van der Waals surface area contributed by atoms with E-state index in [1.807, 2.05) is 0 Å². The van der Waals surface area contributed by atoms with Crippen LogP contribution in [0.3, 0.4) is 0 Å². The molecule has 1 aromatic rings. The van der Waals surface area contributed by atoms with Crippen LogP contribution >= 0.6 is 0 Å². The highest BCUT2D eigenvalue weighted by atomic mass is 16.4. The first kappa shape index (κ1) is 13.0. The van der Waals surface area contributed by atoms with Crippen molar-refractivity contribution in [1.29, 1.82) is 0 Å². The van der Waals surface area contributed by atoms with Crippen molar-refractivity contribution in [3.8, 4) is 0 Å². The maximum absolute atomic E-state index is 11.6. The van der Waals surface area contributed by atoms with E-state index in [0.717, 1.165) is 0 Å². The fraction of sp³-hybridized carbons (Fsp3) is 0.500. The molecule has 0 aromatic carbocycles. The van der Waals surface area contributed by atoms with Gasteiger partial charge in [-0.25, -0.2) is 4.79 Å². The van der Waals surface area contributed by atoms with Crippen molar-refractivity contribution in [2.45, 2.75) is 25.8 Å². The van der Waals surface area contributed by atoms with Crippen LogP contribution in [-0.2, 0) is 11.8 Å². The lowest BCUT2D eigenvalue weighted by molar-refractivity contribution is -0.138. The van der Waals surface area contributed by atoms with Gasteiger partial charge in [-0.15, -0.1) is 0 Å². The molecule has 2 amide bonds. The Morgan fingerprint density at radius 2 is 2.18 bits per heavy atom. The van der Waals surface area contributed by atoms with E-state index in [9.17, 15) is 9.59 Å². The Morgan fingerprint density at radius 1 is 1.53 bits per heavy atom. The predicted octanol–water partition coefficient (Wildman–Crippen LogP) is 0.795. The maximum atomic E-state index is 11.6. The molecule has 1 rings (SSSR count). The third-order valence-corrected chi connectivity index (χ3v) is 2.01. The first-order valence-corrected chi connectivity index (χ1v) is 5.08. The largest absolute Gasteiger partial charge is 0.481 e. The summed E-state index contributed by atoms with van der Waals surface area (Å²) in [6.45, 7) is 3.29. The summed E-state index contributed by atoms with van der Waals surface area (Å²) in [5.41, 5.74) is -0.255. The van der Waals surface area contributed by atoms with Gasteiger partial charge in [0.25, 0.3) is 0 Å². The molecule has 0 saturated heterocycles. The molecule has 7 heteroatoms. The number of carboxylic acid groups (broad SMARTS) is 1. The van der Waals surface area contributed by atoms with Crippen molar-refractivity contribution in [3.05, 3.63) is 12.4 Å². The highest BCUT2D eigenvalue weighted by Crippen LogP contribution is 2.09. The predicted molar refractivity (Wildman–Crippen MR) is 61.7 cm³/mol. The molecule has 0 aliphatic heterocycles. The first-order chi connectivity index (χ1) is 7.78. The van der Waals surface area contributed by atoms with Crippen LogP contribution in [0.5, 0.6) is 0 Å².